The highest BCUT2D eigenvalue weighted by molar-refractivity contribution is 5.69. The summed E-state index contributed by atoms with van der Waals surface area (Å²) in [4.78, 5) is 27.8. The van der Waals surface area contributed by atoms with Crippen LogP contribution in [0.15, 0.2) is 0 Å². The Morgan fingerprint density at radius 3 is 1.40 bits per heavy atom. The van der Waals surface area contributed by atoms with Crippen LogP contribution in [0.3, 0.4) is 0 Å². The maximum Gasteiger partial charge on any atom is 0.306 e. The summed E-state index contributed by atoms with van der Waals surface area (Å²) in [5.41, 5.74) is 0.146. The molecule has 0 heterocycles. The number of esters is 2. The minimum atomic E-state index is -0.0298. The molecule has 0 fully saturated rings. The Balaban J connectivity index is 4.31. The Bertz CT molecular complexity index is 829. The molecule has 57 heavy (non-hydrogen) atoms. The van der Waals surface area contributed by atoms with Crippen LogP contribution >= 0.6 is 0 Å². The zero-order chi connectivity index (χ0) is 41.9. The number of carbonyl (C=O) groups is 2. The number of nitrogens with zero attached hydrogens (tertiary/aromatic N) is 1. The lowest BCUT2D eigenvalue weighted by molar-refractivity contribution is -0.150. The molecule has 0 radical (unpaired) electrons. The second kappa shape index (κ2) is 43.0. The lowest BCUT2D eigenvalue weighted by Gasteiger charge is -2.26. The minimum Gasteiger partial charge on any atom is -0.466 e. The number of carbonyl (C=O) groups excluding carboxylic acids is 2. The molecule has 0 saturated heterocycles. The lowest BCUT2D eigenvalue weighted by atomic mass is 9.82. The van der Waals surface area contributed by atoms with Crippen molar-refractivity contribution in [2.75, 3.05) is 32.8 Å². The van der Waals surface area contributed by atoms with E-state index in [4.69, 9.17) is 9.47 Å². The molecule has 1 N–H and O–H groups in total. The van der Waals surface area contributed by atoms with Crippen LogP contribution in [-0.2, 0) is 19.1 Å². The predicted octanol–water partition coefficient (Wildman–Crippen LogP) is 15.3. The molecule has 0 atom stereocenters. The Kier molecular flexibility index (Phi) is 42.1. The van der Waals surface area contributed by atoms with Gasteiger partial charge in [-0.1, -0.05) is 182 Å². The second-order valence-corrected chi connectivity index (χ2v) is 18.5. The van der Waals surface area contributed by atoms with Crippen LogP contribution in [0.2, 0.25) is 0 Å². The first-order chi connectivity index (χ1) is 27.8. The van der Waals surface area contributed by atoms with Crippen molar-refractivity contribution in [1.29, 1.82) is 0 Å². The molecule has 0 spiro atoms. The summed E-state index contributed by atoms with van der Waals surface area (Å²) in [6.07, 6.45) is 43.5. The fraction of sp³-hybridized carbons (Fsp3) is 0.961. The number of aliphatic hydroxyl groups is 1. The van der Waals surface area contributed by atoms with Gasteiger partial charge in [-0.25, -0.2) is 0 Å². The van der Waals surface area contributed by atoms with E-state index >= 15 is 0 Å². The number of hydrogen-bond donors (Lipinski definition) is 1. The van der Waals surface area contributed by atoms with Gasteiger partial charge < -0.3 is 19.5 Å². The molecular formula is C51H101NO5. The largest absolute Gasteiger partial charge is 0.466 e. The molecule has 0 bridgehead atoms. The smallest absolute Gasteiger partial charge is 0.306 e. The Hall–Kier alpha value is -1.14. The molecule has 0 unspecified atom stereocenters. The maximum atomic E-state index is 12.9. The van der Waals surface area contributed by atoms with Crippen LogP contribution in [0.1, 0.15) is 272 Å². The molecule has 0 aliphatic heterocycles. The van der Waals surface area contributed by atoms with Gasteiger partial charge in [0.1, 0.15) is 6.10 Å². The summed E-state index contributed by atoms with van der Waals surface area (Å²) in [7, 11) is 0. The van der Waals surface area contributed by atoms with Gasteiger partial charge in [-0.05, 0) is 102 Å². The van der Waals surface area contributed by atoms with Crippen LogP contribution in [0, 0.1) is 5.41 Å². The molecule has 0 rings (SSSR count). The van der Waals surface area contributed by atoms with E-state index in [0.717, 1.165) is 77.4 Å². The SMILES string of the molecule is CCCCCCCCCCOC(=O)CCC(C)(C)CCCCN(CCCCO)CCCCCCCC(=O)OC(CCCCCCCCC)CCCCCCCCC. The van der Waals surface area contributed by atoms with E-state index in [1.165, 1.54) is 167 Å². The average molecular weight is 808 g/mol. The van der Waals surface area contributed by atoms with E-state index in [2.05, 4.69) is 39.5 Å². The van der Waals surface area contributed by atoms with Crippen molar-refractivity contribution in [1.82, 2.24) is 4.90 Å². The van der Waals surface area contributed by atoms with E-state index in [1.807, 2.05) is 0 Å². The molecule has 6 nitrogen and oxygen atoms in total. The van der Waals surface area contributed by atoms with Crippen molar-refractivity contribution in [3.8, 4) is 0 Å². The molecule has 0 saturated carbocycles. The number of ether oxygens (including phenoxy) is 2. The van der Waals surface area contributed by atoms with Gasteiger partial charge in [0.15, 0.2) is 0 Å². The summed E-state index contributed by atoms with van der Waals surface area (Å²) < 4.78 is 11.6. The Morgan fingerprint density at radius 2 is 0.895 bits per heavy atom. The first-order valence-electron chi connectivity index (χ1n) is 25.5. The molecular weight excluding hydrogens is 707 g/mol. The fourth-order valence-corrected chi connectivity index (χ4v) is 8.08. The third kappa shape index (κ3) is 41.4. The highest BCUT2D eigenvalue weighted by Crippen LogP contribution is 2.29. The van der Waals surface area contributed by atoms with Gasteiger partial charge in [-0.2, -0.15) is 0 Å². The van der Waals surface area contributed by atoms with Crippen molar-refractivity contribution < 1.29 is 24.2 Å². The second-order valence-electron chi connectivity index (χ2n) is 18.5. The van der Waals surface area contributed by atoms with Gasteiger partial charge in [0.05, 0.1) is 6.61 Å². The van der Waals surface area contributed by atoms with Gasteiger partial charge in [0, 0.05) is 19.4 Å². The summed E-state index contributed by atoms with van der Waals surface area (Å²) in [5, 5.41) is 9.35. The van der Waals surface area contributed by atoms with Crippen molar-refractivity contribution >= 4 is 11.9 Å². The first kappa shape index (κ1) is 55.9. The minimum absolute atomic E-state index is 0.0261. The standard InChI is InChI=1S/C51H101NO5/c1-6-9-12-15-18-21-27-36-47-56-49(54)40-42-51(4,5)41-31-33-44-52(45-34-35-46-53)43-32-26-22-25-30-39-50(55)57-48(37-28-23-19-16-13-10-7-2)38-29-24-20-17-14-11-8-3/h48,53H,6-47H2,1-5H3. The summed E-state index contributed by atoms with van der Waals surface area (Å²) in [6, 6.07) is 0. The van der Waals surface area contributed by atoms with Gasteiger partial charge in [-0.3, -0.25) is 9.59 Å². The number of hydrogen-bond acceptors (Lipinski definition) is 6. The van der Waals surface area contributed by atoms with E-state index in [1.54, 1.807) is 0 Å². The Morgan fingerprint density at radius 1 is 0.474 bits per heavy atom. The van der Waals surface area contributed by atoms with Gasteiger partial charge >= 0.3 is 11.9 Å². The fourth-order valence-electron chi connectivity index (χ4n) is 8.08. The number of unbranched alkanes of at least 4 members (excludes halogenated alkanes) is 25. The molecule has 0 amide bonds. The predicted molar refractivity (Wildman–Crippen MR) is 246 cm³/mol. The molecule has 0 aliphatic rings. The number of aliphatic hydroxyl groups excluding tert-OH is 1. The number of rotatable bonds is 46. The summed E-state index contributed by atoms with van der Waals surface area (Å²) in [5.74, 6) is -0.00374. The summed E-state index contributed by atoms with van der Waals surface area (Å²) in [6.45, 7) is 15.5. The zero-order valence-corrected chi connectivity index (χ0v) is 39.3. The highest BCUT2D eigenvalue weighted by Gasteiger charge is 2.20. The maximum absolute atomic E-state index is 12.9. The molecule has 6 heteroatoms. The van der Waals surface area contributed by atoms with Gasteiger partial charge in [0.25, 0.3) is 0 Å². The normalized spacial score (nSPS) is 11.9. The third-order valence-electron chi connectivity index (χ3n) is 12.1. The lowest BCUT2D eigenvalue weighted by Crippen LogP contribution is -2.27. The molecule has 0 aromatic heterocycles. The third-order valence-corrected chi connectivity index (χ3v) is 12.1. The highest BCUT2D eigenvalue weighted by atomic mass is 16.5. The zero-order valence-electron chi connectivity index (χ0n) is 39.3. The monoisotopic (exact) mass is 808 g/mol. The molecule has 0 aromatic rings. The molecule has 0 aromatic carbocycles. The van der Waals surface area contributed by atoms with Crippen LogP contribution in [0.4, 0.5) is 0 Å². The van der Waals surface area contributed by atoms with Crippen LogP contribution < -0.4 is 0 Å². The van der Waals surface area contributed by atoms with Crippen LogP contribution in [0.5, 0.6) is 0 Å². The van der Waals surface area contributed by atoms with Crippen LogP contribution in [0.25, 0.3) is 0 Å². The summed E-state index contributed by atoms with van der Waals surface area (Å²) >= 11 is 0. The average Bonchev–Trinajstić information content (AvgIpc) is 3.19. The van der Waals surface area contributed by atoms with E-state index in [0.29, 0.717) is 19.4 Å². The van der Waals surface area contributed by atoms with Crippen LogP contribution in [-0.4, -0.2) is 60.9 Å². The van der Waals surface area contributed by atoms with Gasteiger partial charge in [-0.15, -0.1) is 0 Å². The molecule has 0 aliphatic carbocycles. The van der Waals surface area contributed by atoms with Crippen molar-refractivity contribution in [3.05, 3.63) is 0 Å². The quantitative estimate of drug-likeness (QED) is 0.0488. The topological polar surface area (TPSA) is 76.1 Å². The van der Waals surface area contributed by atoms with E-state index in [-0.39, 0.29) is 30.1 Å². The van der Waals surface area contributed by atoms with Crippen molar-refractivity contribution in [3.63, 3.8) is 0 Å². The van der Waals surface area contributed by atoms with E-state index < -0.39 is 0 Å². The van der Waals surface area contributed by atoms with Crippen molar-refractivity contribution in [2.24, 2.45) is 5.41 Å². The molecule has 340 valence electrons. The van der Waals surface area contributed by atoms with Crippen molar-refractivity contribution in [2.45, 2.75) is 278 Å². The first-order valence-corrected chi connectivity index (χ1v) is 25.5. The van der Waals surface area contributed by atoms with E-state index in [9.17, 15) is 14.7 Å². The van der Waals surface area contributed by atoms with Gasteiger partial charge in [0.2, 0.25) is 0 Å². The Labute approximate surface area is 356 Å².